The fourth-order valence-electron chi connectivity index (χ4n) is 0.428. The Morgan fingerprint density at radius 2 is 2.20 bits per heavy atom. The highest BCUT2D eigenvalue weighted by molar-refractivity contribution is 7.76. The van der Waals surface area contributed by atoms with Crippen LogP contribution in [-0.2, 0) is 16.1 Å². The molecule has 0 aromatic heterocycles. The van der Waals surface area contributed by atoms with Gasteiger partial charge in [0.2, 0.25) is 11.3 Å². The molecule has 0 spiro atoms. The zero-order chi connectivity index (χ0) is 8.15. The highest BCUT2D eigenvalue weighted by Crippen LogP contribution is 1.89. The van der Waals surface area contributed by atoms with Crippen molar-refractivity contribution in [1.29, 1.82) is 0 Å². The van der Waals surface area contributed by atoms with Gasteiger partial charge in [-0.1, -0.05) is 6.92 Å². The van der Waals surface area contributed by atoms with Crippen LogP contribution in [0.5, 0.6) is 0 Å². The molecule has 0 saturated carbocycles. The molecule has 0 rings (SSSR count). The summed E-state index contributed by atoms with van der Waals surface area (Å²) in [5.41, 5.74) is 0. The van der Waals surface area contributed by atoms with Gasteiger partial charge in [-0.2, -0.15) is 4.31 Å². The Morgan fingerprint density at radius 3 is 2.30 bits per heavy atom. The highest BCUT2D eigenvalue weighted by atomic mass is 32.2. The summed E-state index contributed by atoms with van der Waals surface area (Å²) in [4.78, 5) is 9.99. The number of carboxylic acids is 1. The van der Waals surface area contributed by atoms with E-state index in [0.717, 1.165) is 4.31 Å². The fraction of sp³-hybridized carbons (Fsp3) is 0.750. The van der Waals surface area contributed by atoms with Crippen LogP contribution in [0.2, 0.25) is 0 Å². The van der Waals surface area contributed by atoms with Crippen LogP contribution < -0.4 is 0 Å². The molecule has 0 radical (unpaired) electrons. The molecule has 5 nitrogen and oxygen atoms in total. The Hall–Kier alpha value is -0.460. The third-order valence-electron chi connectivity index (χ3n) is 0.885. The number of hydrogen-bond acceptors (Lipinski definition) is 2. The van der Waals surface area contributed by atoms with Gasteiger partial charge in [-0.25, -0.2) is 4.21 Å². The van der Waals surface area contributed by atoms with E-state index in [0.29, 0.717) is 0 Å². The van der Waals surface area contributed by atoms with Crippen molar-refractivity contribution in [3.05, 3.63) is 0 Å². The lowest BCUT2D eigenvalue weighted by Gasteiger charge is -2.10. The third kappa shape index (κ3) is 3.54. The van der Waals surface area contributed by atoms with E-state index in [1.54, 1.807) is 6.92 Å². The molecule has 0 bridgehead atoms. The molecular formula is C4H9NO4S. The molecule has 6 heteroatoms. The second-order valence-electron chi connectivity index (χ2n) is 1.58. The summed E-state index contributed by atoms with van der Waals surface area (Å²) < 4.78 is 19.6. The lowest BCUT2D eigenvalue weighted by Crippen LogP contribution is -2.30. The summed E-state index contributed by atoms with van der Waals surface area (Å²) in [5, 5.41) is 8.18. The minimum Gasteiger partial charge on any atom is -0.480 e. The number of rotatable bonds is 4. The van der Waals surface area contributed by atoms with Crippen molar-refractivity contribution in [1.82, 2.24) is 4.31 Å². The van der Waals surface area contributed by atoms with E-state index in [9.17, 15) is 9.00 Å². The highest BCUT2D eigenvalue weighted by Gasteiger charge is 2.11. The summed E-state index contributed by atoms with van der Waals surface area (Å²) in [7, 11) is 0. The maximum atomic E-state index is 10.2. The first kappa shape index (κ1) is 9.54. The van der Waals surface area contributed by atoms with Gasteiger partial charge >= 0.3 is 5.97 Å². The van der Waals surface area contributed by atoms with Gasteiger partial charge in [0.15, 0.2) is 0 Å². The van der Waals surface area contributed by atoms with E-state index in [1.807, 2.05) is 0 Å². The van der Waals surface area contributed by atoms with Crippen LogP contribution in [-0.4, -0.2) is 37.2 Å². The first-order valence-electron chi connectivity index (χ1n) is 2.65. The van der Waals surface area contributed by atoms with E-state index in [1.165, 1.54) is 0 Å². The predicted octanol–water partition coefficient (Wildman–Crippen LogP) is -0.470. The van der Waals surface area contributed by atoms with Crippen molar-refractivity contribution < 1.29 is 18.7 Å². The van der Waals surface area contributed by atoms with E-state index < -0.39 is 23.8 Å². The summed E-state index contributed by atoms with van der Waals surface area (Å²) >= 11 is -2.17. The van der Waals surface area contributed by atoms with E-state index >= 15 is 0 Å². The number of carboxylic acid groups (broad SMARTS) is 1. The topological polar surface area (TPSA) is 77.8 Å². The van der Waals surface area contributed by atoms with Gasteiger partial charge in [-0.15, -0.1) is 0 Å². The SMILES string of the molecule is CCN(CC(=O)O)S(=O)O. The Bertz CT molecular complexity index is 148. The van der Waals surface area contributed by atoms with Crippen molar-refractivity contribution in [2.75, 3.05) is 13.1 Å². The van der Waals surface area contributed by atoms with Crippen molar-refractivity contribution in [3.8, 4) is 0 Å². The first-order valence-corrected chi connectivity index (χ1v) is 3.72. The predicted molar refractivity (Wildman–Crippen MR) is 35.7 cm³/mol. The van der Waals surface area contributed by atoms with Crippen LogP contribution >= 0.6 is 0 Å². The zero-order valence-electron chi connectivity index (χ0n) is 5.48. The van der Waals surface area contributed by atoms with Crippen LogP contribution in [0.15, 0.2) is 0 Å². The van der Waals surface area contributed by atoms with Crippen LogP contribution in [0.25, 0.3) is 0 Å². The Morgan fingerprint density at radius 1 is 1.70 bits per heavy atom. The fourth-order valence-corrected chi connectivity index (χ4v) is 0.870. The van der Waals surface area contributed by atoms with E-state index in [2.05, 4.69) is 0 Å². The lowest BCUT2D eigenvalue weighted by atomic mass is 10.6. The molecule has 0 aliphatic heterocycles. The largest absolute Gasteiger partial charge is 0.480 e. The second kappa shape index (κ2) is 4.37. The summed E-state index contributed by atoms with van der Waals surface area (Å²) in [6.07, 6.45) is 0. The average molecular weight is 167 g/mol. The smallest absolute Gasteiger partial charge is 0.318 e. The minimum atomic E-state index is -2.17. The van der Waals surface area contributed by atoms with E-state index in [-0.39, 0.29) is 6.54 Å². The first-order chi connectivity index (χ1) is 4.57. The Labute approximate surface area is 61.1 Å². The number of nitrogens with zero attached hydrogens (tertiary/aromatic N) is 1. The minimum absolute atomic E-state index is 0.245. The summed E-state index contributed by atoms with van der Waals surface area (Å²) in [5.74, 6) is -1.11. The van der Waals surface area contributed by atoms with Crippen molar-refractivity contribution in [2.45, 2.75) is 6.92 Å². The zero-order valence-corrected chi connectivity index (χ0v) is 6.30. The van der Waals surface area contributed by atoms with Gasteiger partial charge in [0.25, 0.3) is 0 Å². The molecule has 1 atom stereocenters. The van der Waals surface area contributed by atoms with Crippen LogP contribution in [0, 0.1) is 0 Å². The second-order valence-corrected chi connectivity index (χ2v) is 2.56. The molecule has 0 amide bonds. The van der Waals surface area contributed by atoms with Gasteiger partial charge in [0.05, 0.1) is 0 Å². The van der Waals surface area contributed by atoms with Crippen LogP contribution in [0.1, 0.15) is 6.92 Å². The normalized spacial score (nSPS) is 13.5. The van der Waals surface area contributed by atoms with Gasteiger partial charge < -0.3 is 5.11 Å². The van der Waals surface area contributed by atoms with Crippen molar-refractivity contribution in [2.24, 2.45) is 0 Å². The Kier molecular flexibility index (Phi) is 4.17. The van der Waals surface area contributed by atoms with Crippen molar-refractivity contribution in [3.63, 3.8) is 0 Å². The van der Waals surface area contributed by atoms with Gasteiger partial charge in [-0.05, 0) is 0 Å². The van der Waals surface area contributed by atoms with Gasteiger partial charge in [-0.3, -0.25) is 9.35 Å². The molecule has 0 aromatic carbocycles. The maximum Gasteiger partial charge on any atom is 0.318 e. The van der Waals surface area contributed by atoms with Crippen LogP contribution in [0.4, 0.5) is 0 Å². The summed E-state index contributed by atoms with van der Waals surface area (Å²) in [6, 6.07) is 0. The molecule has 0 saturated heterocycles. The third-order valence-corrected chi connectivity index (χ3v) is 1.71. The quantitative estimate of drug-likeness (QED) is 0.555. The van der Waals surface area contributed by atoms with E-state index in [4.69, 9.17) is 9.66 Å². The molecular weight excluding hydrogens is 158 g/mol. The molecule has 0 heterocycles. The van der Waals surface area contributed by atoms with Gasteiger partial charge in [0, 0.05) is 6.54 Å². The average Bonchev–Trinajstić information content (AvgIpc) is 1.81. The number of carbonyl (C=O) groups is 1. The molecule has 0 aliphatic carbocycles. The molecule has 10 heavy (non-hydrogen) atoms. The lowest BCUT2D eigenvalue weighted by molar-refractivity contribution is -0.137. The molecule has 1 unspecified atom stereocenters. The molecule has 2 N–H and O–H groups in total. The van der Waals surface area contributed by atoms with Gasteiger partial charge in [0.1, 0.15) is 6.54 Å². The summed E-state index contributed by atoms with van der Waals surface area (Å²) in [6.45, 7) is 1.45. The molecule has 60 valence electrons. The van der Waals surface area contributed by atoms with Crippen molar-refractivity contribution >= 4 is 17.2 Å². The Balaban J connectivity index is 3.83. The number of aliphatic carboxylic acids is 1. The number of hydrogen-bond donors (Lipinski definition) is 2. The maximum absolute atomic E-state index is 10.2. The molecule has 0 fully saturated rings. The number of likely N-dealkylation sites (N-methyl/N-ethyl adjacent to an activating group) is 1. The molecule has 0 aromatic rings. The van der Waals surface area contributed by atoms with Crippen LogP contribution in [0.3, 0.4) is 0 Å². The standard InChI is InChI=1S/C4H9NO4S/c1-2-5(10(8)9)3-4(6)7/h2-3H2,1H3,(H,6,7)(H,8,9). The molecule has 0 aliphatic rings. The monoisotopic (exact) mass is 167 g/mol.